The van der Waals surface area contributed by atoms with Crippen LogP contribution in [0, 0.1) is 11.8 Å². The zero-order chi connectivity index (χ0) is 23.0. The van der Waals surface area contributed by atoms with Crippen molar-refractivity contribution in [2.45, 2.75) is 50.1 Å². The molecule has 2 amide bonds. The predicted octanol–water partition coefficient (Wildman–Crippen LogP) is 1.99. The lowest BCUT2D eigenvalue weighted by Gasteiger charge is -2.28. The van der Waals surface area contributed by atoms with E-state index in [1.165, 1.54) is 0 Å². The summed E-state index contributed by atoms with van der Waals surface area (Å²) in [5.41, 5.74) is 0.751. The molecule has 0 aliphatic heterocycles. The fourth-order valence-electron chi connectivity index (χ4n) is 3.77. The second-order valence-electron chi connectivity index (χ2n) is 8.15. The fraction of sp³-hybridized carbons (Fsp3) is 0.435. The lowest BCUT2D eigenvalue weighted by molar-refractivity contribution is -0.131. The lowest BCUT2D eigenvalue weighted by Crippen LogP contribution is -2.47. The van der Waals surface area contributed by atoms with Crippen LogP contribution in [0.5, 0.6) is 0 Å². The molecule has 1 fully saturated rings. The molecular formula is C23H30N4O4S. The highest BCUT2D eigenvalue weighted by atomic mass is 32.2. The van der Waals surface area contributed by atoms with Gasteiger partial charge in [-0.25, -0.2) is 13.1 Å². The van der Waals surface area contributed by atoms with Gasteiger partial charge in [0.2, 0.25) is 21.8 Å². The maximum atomic E-state index is 12.6. The van der Waals surface area contributed by atoms with Crippen LogP contribution in [-0.2, 0) is 26.2 Å². The second kappa shape index (κ2) is 11.2. The first-order valence-electron chi connectivity index (χ1n) is 10.9. The van der Waals surface area contributed by atoms with Crippen molar-refractivity contribution in [3.63, 3.8) is 0 Å². The lowest BCUT2D eigenvalue weighted by atomic mass is 9.81. The Morgan fingerprint density at radius 1 is 1.03 bits per heavy atom. The average molecular weight is 459 g/mol. The molecule has 1 aromatic heterocycles. The Morgan fingerprint density at radius 3 is 2.38 bits per heavy atom. The summed E-state index contributed by atoms with van der Waals surface area (Å²) < 4.78 is 27.4. The fourth-order valence-corrected chi connectivity index (χ4v) is 4.91. The largest absolute Gasteiger partial charge is 0.349 e. The van der Waals surface area contributed by atoms with Gasteiger partial charge in [0.05, 0.1) is 17.1 Å². The zero-order valence-electron chi connectivity index (χ0n) is 18.2. The number of sulfonamides is 1. The van der Waals surface area contributed by atoms with Gasteiger partial charge in [0.15, 0.2) is 0 Å². The molecule has 3 rings (SSSR count). The van der Waals surface area contributed by atoms with E-state index in [4.69, 9.17) is 0 Å². The zero-order valence-corrected chi connectivity index (χ0v) is 19.0. The van der Waals surface area contributed by atoms with E-state index in [0.717, 1.165) is 18.5 Å². The quantitative estimate of drug-likeness (QED) is 0.531. The van der Waals surface area contributed by atoms with Gasteiger partial charge >= 0.3 is 0 Å². The molecule has 1 aliphatic rings. The van der Waals surface area contributed by atoms with Crippen molar-refractivity contribution in [2.24, 2.45) is 11.8 Å². The minimum atomic E-state index is -3.52. The van der Waals surface area contributed by atoms with Gasteiger partial charge < -0.3 is 10.6 Å². The maximum absolute atomic E-state index is 12.6. The summed E-state index contributed by atoms with van der Waals surface area (Å²) in [6.07, 6.45) is 4.53. The van der Waals surface area contributed by atoms with Crippen LogP contribution in [0.4, 0.5) is 0 Å². The Balaban J connectivity index is 1.38. The summed E-state index contributed by atoms with van der Waals surface area (Å²) >= 11 is 0. The van der Waals surface area contributed by atoms with E-state index in [0.29, 0.717) is 25.9 Å². The van der Waals surface area contributed by atoms with E-state index in [9.17, 15) is 18.0 Å². The average Bonchev–Trinajstić information content (AvgIpc) is 2.82. The van der Waals surface area contributed by atoms with Crippen molar-refractivity contribution in [2.75, 3.05) is 6.54 Å². The van der Waals surface area contributed by atoms with Crippen LogP contribution in [0.3, 0.4) is 0 Å². The molecule has 172 valence electrons. The van der Waals surface area contributed by atoms with E-state index in [2.05, 4.69) is 20.3 Å². The van der Waals surface area contributed by atoms with Crippen molar-refractivity contribution in [1.82, 2.24) is 20.3 Å². The SMILES string of the molecule is C[C@@H](NC(=O)C1CCC(CNS(=O)(=O)c2ccccc2)CC1)C(=O)NCc1ccccn1. The third-order valence-electron chi connectivity index (χ3n) is 5.76. The molecule has 0 radical (unpaired) electrons. The Morgan fingerprint density at radius 2 is 1.72 bits per heavy atom. The normalized spacial score (nSPS) is 19.7. The molecular weight excluding hydrogens is 428 g/mol. The van der Waals surface area contributed by atoms with Gasteiger partial charge in [-0.05, 0) is 62.8 Å². The molecule has 0 saturated heterocycles. The van der Waals surface area contributed by atoms with Crippen LogP contribution in [-0.4, -0.2) is 37.8 Å². The molecule has 2 aromatic rings. The number of carbonyl (C=O) groups is 2. The third kappa shape index (κ3) is 6.86. The number of carbonyl (C=O) groups excluding carboxylic acids is 2. The highest BCUT2D eigenvalue weighted by molar-refractivity contribution is 7.89. The number of amides is 2. The molecule has 1 aliphatic carbocycles. The van der Waals surface area contributed by atoms with E-state index in [-0.39, 0.29) is 28.5 Å². The van der Waals surface area contributed by atoms with Gasteiger partial charge in [0.25, 0.3) is 0 Å². The van der Waals surface area contributed by atoms with Crippen LogP contribution >= 0.6 is 0 Å². The first-order valence-corrected chi connectivity index (χ1v) is 12.4. The van der Waals surface area contributed by atoms with Crippen LogP contribution in [0.1, 0.15) is 38.3 Å². The molecule has 1 saturated carbocycles. The first-order chi connectivity index (χ1) is 15.3. The molecule has 1 aromatic carbocycles. The molecule has 1 atom stereocenters. The van der Waals surface area contributed by atoms with Crippen LogP contribution in [0.15, 0.2) is 59.6 Å². The molecule has 0 bridgehead atoms. The Labute approximate surface area is 189 Å². The van der Waals surface area contributed by atoms with Gasteiger partial charge in [0.1, 0.15) is 6.04 Å². The summed E-state index contributed by atoms with van der Waals surface area (Å²) in [5, 5.41) is 5.57. The minimum Gasteiger partial charge on any atom is -0.349 e. The first kappa shape index (κ1) is 23.9. The summed E-state index contributed by atoms with van der Waals surface area (Å²) in [7, 11) is -3.52. The number of hydrogen-bond acceptors (Lipinski definition) is 5. The number of rotatable bonds is 9. The topological polar surface area (TPSA) is 117 Å². The highest BCUT2D eigenvalue weighted by Gasteiger charge is 2.29. The van der Waals surface area contributed by atoms with Crippen molar-refractivity contribution in [3.8, 4) is 0 Å². The number of pyridine rings is 1. The number of hydrogen-bond donors (Lipinski definition) is 3. The van der Waals surface area contributed by atoms with Crippen LogP contribution in [0.2, 0.25) is 0 Å². The Kier molecular flexibility index (Phi) is 8.35. The minimum absolute atomic E-state index is 0.131. The molecule has 1 heterocycles. The predicted molar refractivity (Wildman–Crippen MR) is 121 cm³/mol. The molecule has 8 nitrogen and oxygen atoms in total. The van der Waals surface area contributed by atoms with E-state index in [1.807, 2.05) is 12.1 Å². The van der Waals surface area contributed by atoms with Gasteiger partial charge in [-0.1, -0.05) is 24.3 Å². The summed E-state index contributed by atoms with van der Waals surface area (Å²) in [6, 6.07) is 13.1. The molecule has 0 unspecified atom stereocenters. The summed E-state index contributed by atoms with van der Waals surface area (Å²) in [4.78, 5) is 29.3. The molecule has 0 spiro atoms. The van der Waals surface area contributed by atoms with E-state index < -0.39 is 16.1 Å². The van der Waals surface area contributed by atoms with Gasteiger partial charge in [-0.2, -0.15) is 0 Å². The maximum Gasteiger partial charge on any atom is 0.242 e. The Hall–Kier alpha value is -2.78. The molecule has 32 heavy (non-hydrogen) atoms. The van der Waals surface area contributed by atoms with Crippen LogP contribution in [0.25, 0.3) is 0 Å². The summed E-state index contributed by atoms with van der Waals surface area (Å²) in [5.74, 6) is -0.360. The smallest absolute Gasteiger partial charge is 0.242 e. The van der Waals surface area contributed by atoms with Crippen molar-refractivity contribution in [1.29, 1.82) is 0 Å². The van der Waals surface area contributed by atoms with Gasteiger partial charge in [0, 0.05) is 18.7 Å². The van der Waals surface area contributed by atoms with Crippen molar-refractivity contribution < 1.29 is 18.0 Å². The molecule has 3 N–H and O–H groups in total. The van der Waals surface area contributed by atoms with E-state index >= 15 is 0 Å². The number of nitrogens with one attached hydrogen (secondary N) is 3. The number of benzene rings is 1. The monoisotopic (exact) mass is 458 g/mol. The van der Waals surface area contributed by atoms with E-state index in [1.54, 1.807) is 49.5 Å². The highest BCUT2D eigenvalue weighted by Crippen LogP contribution is 2.29. The standard InChI is InChI=1S/C23H30N4O4S/c1-17(22(28)25-16-20-7-5-6-14-24-20)27-23(29)19-12-10-18(11-13-19)15-26-32(30,31)21-8-3-2-4-9-21/h2-9,14,17-19,26H,10-13,15-16H2,1H3,(H,25,28)(H,27,29)/t17-,18?,19?/m1/s1. The second-order valence-corrected chi connectivity index (χ2v) is 9.92. The number of nitrogens with zero attached hydrogens (tertiary/aromatic N) is 1. The van der Waals surface area contributed by atoms with Gasteiger partial charge in [-0.15, -0.1) is 0 Å². The van der Waals surface area contributed by atoms with Crippen molar-refractivity contribution >= 4 is 21.8 Å². The van der Waals surface area contributed by atoms with Crippen molar-refractivity contribution in [3.05, 3.63) is 60.4 Å². The van der Waals surface area contributed by atoms with Gasteiger partial charge in [-0.3, -0.25) is 14.6 Å². The Bertz CT molecular complexity index is 991. The molecule has 9 heteroatoms. The third-order valence-corrected chi connectivity index (χ3v) is 7.19. The summed E-state index contributed by atoms with van der Waals surface area (Å²) in [6.45, 7) is 2.33. The number of aromatic nitrogens is 1. The van der Waals surface area contributed by atoms with Crippen LogP contribution < -0.4 is 15.4 Å².